The first-order chi connectivity index (χ1) is 11.0. The molecule has 0 spiro atoms. The molecule has 0 saturated carbocycles. The second-order valence-electron chi connectivity index (χ2n) is 6.42. The van der Waals surface area contributed by atoms with E-state index in [1.807, 2.05) is 18.5 Å². The fraction of sp³-hybridized carbons (Fsp3) is 0.812. The van der Waals surface area contributed by atoms with Crippen LogP contribution in [0.25, 0.3) is 0 Å². The molecule has 8 heteroatoms. The molecular formula is C16H31IN6O. The third-order valence-electron chi connectivity index (χ3n) is 4.31. The summed E-state index contributed by atoms with van der Waals surface area (Å²) in [5.41, 5.74) is -0.0887. The van der Waals surface area contributed by atoms with Gasteiger partial charge in [-0.05, 0) is 33.1 Å². The molecule has 1 aromatic heterocycles. The lowest BCUT2D eigenvalue weighted by atomic mass is 10.0. The Bertz CT molecular complexity index is 525. The molecule has 0 amide bonds. The van der Waals surface area contributed by atoms with Crippen LogP contribution in [0.1, 0.15) is 51.2 Å². The largest absolute Gasteiger partial charge is 0.373 e. The van der Waals surface area contributed by atoms with Crippen molar-refractivity contribution in [3.8, 4) is 0 Å². The van der Waals surface area contributed by atoms with E-state index in [2.05, 4.69) is 39.7 Å². The Kier molecular flexibility index (Phi) is 8.96. The number of halogens is 1. The quantitative estimate of drug-likeness (QED) is 0.288. The highest BCUT2D eigenvalue weighted by Crippen LogP contribution is 2.23. The van der Waals surface area contributed by atoms with Crippen molar-refractivity contribution < 1.29 is 4.74 Å². The second kappa shape index (κ2) is 10.2. The van der Waals surface area contributed by atoms with Gasteiger partial charge in [0.15, 0.2) is 11.8 Å². The number of nitrogens with zero attached hydrogens (tertiary/aromatic N) is 4. The van der Waals surface area contributed by atoms with Gasteiger partial charge in [-0.2, -0.15) is 0 Å². The Balaban J connectivity index is 0.00000288. The van der Waals surface area contributed by atoms with Crippen molar-refractivity contribution in [2.24, 2.45) is 12.0 Å². The van der Waals surface area contributed by atoms with Crippen LogP contribution >= 0.6 is 24.0 Å². The summed E-state index contributed by atoms with van der Waals surface area (Å²) in [5.74, 6) is 2.58. The minimum absolute atomic E-state index is 0. The first kappa shape index (κ1) is 21.1. The van der Waals surface area contributed by atoms with Crippen LogP contribution in [0.2, 0.25) is 0 Å². The lowest BCUT2D eigenvalue weighted by Gasteiger charge is -2.24. The van der Waals surface area contributed by atoms with Crippen LogP contribution in [-0.2, 0) is 18.3 Å². The Morgan fingerprint density at radius 2 is 2.17 bits per heavy atom. The van der Waals surface area contributed by atoms with E-state index in [0.29, 0.717) is 6.54 Å². The van der Waals surface area contributed by atoms with Gasteiger partial charge in [-0.25, -0.2) is 4.99 Å². The van der Waals surface area contributed by atoms with Crippen molar-refractivity contribution in [1.29, 1.82) is 0 Å². The number of hydrogen-bond donors (Lipinski definition) is 2. The van der Waals surface area contributed by atoms with Crippen LogP contribution < -0.4 is 10.6 Å². The summed E-state index contributed by atoms with van der Waals surface area (Å²) < 4.78 is 7.80. The number of rotatable bonds is 7. The van der Waals surface area contributed by atoms with Gasteiger partial charge in [0.1, 0.15) is 12.4 Å². The predicted molar refractivity (Wildman–Crippen MR) is 107 cm³/mol. The standard InChI is InChI=1S/C16H30N6O.HI/c1-5-6-9-17-15(19-12-16(3)8-7-10-23-16)18-11-14-21-20-13(2)22(14)4;/h5-12H2,1-4H3,(H2,17,18,19);1H. The molecule has 0 aliphatic carbocycles. The van der Waals surface area contributed by atoms with E-state index in [4.69, 9.17) is 4.74 Å². The molecule has 1 aliphatic rings. The maximum Gasteiger partial charge on any atom is 0.191 e. The van der Waals surface area contributed by atoms with Gasteiger partial charge < -0.3 is 19.9 Å². The number of nitrogens with one attached hydrogen (secondary N) is 2. The van der Waals surface area contributed by atoms with E-state index in [1.165, 1.54) is 0 Å². The van der Waals surface area contributed by atoms with E-state index in [0.717, 1.165) is 63.0 Å². The van der Waals surface area contributed by atoms with Crippen molar-refractivity contribution >= 4 is 29.9 Å². The average Bonchev–Trinajstić information content (AvgIpc) is 3.10. The number of ether oxygens (including phenoxy) is 1. The average molecular weight is 450 g/mol. The highest BCUT2D eigenvalue weighted by atomic mass is 127. The summed E-state index contributed by atoms with van der Waals surface area (Å²) in [6.45, 7) is 9.32. The fourth-order valence-electron chi connectivity index (χ4n) is 2.54. The highest BCUT2D eigenvalue weighted by Gasteiger charge is 2.29. The molecule has 1 aliphatic heterocycles. The van der Waals surface area contributed by atoms with Gasteiger partial charge in [0, 0.05) is 26.7 Å². The lowest BCUT2D eigenvalue weighted by molar-refractivity contribution is 0.0242. The number of aryl methyl sites for hydroxylation is 1. The zero-order valence-electron chi connectivity index (χ0n) is 15.3. The number of guanidine groups is 1. The van der Waals surface area contributed by atoms with Gasteiger partial charge in [-0.15, -0.1) is 34.2 Å². The third kappa shape index (κ3) is 6.19. The molecule has 1 saturated heterocycles. The molecule has 1 atom stereocenters. The summed E-state index contributed by atoms with van der Waals surface area (Å²) >= 11 is 0. The summed E-state index contributed by atoms with van der Waals surface area (Å²) in [7, 11) is 1.96. The van der Waals surface area contributed by atoms with E-state index in [-0.39, 0.29) is 29.6 Å². The maximum atomic E-state index is 5.83. The molecule has 0 aromatic carbocycles. The van der Waals surface area contributed by atoms with Crippen molar-refractivity contribution in [2.45, 2.75) is 58.6 Å². The van der Waals surface area contributed by atoms with E-state index in [9.17, 15) is 0 Å². The third-order valence-corrected chi connectivity index (χ3v) is 4.31. The summed E-state index contributed by atoms with van der Waals surface area (Å²) in [4.78, 5) is 4.65. The molecule has 1 fully saturated rings. The molecular weight excluding hydrogens is 419 g/mol. The summed E-state index contributed by atoms with van der Waals surface area (Å²) in [6.07, 6.45) is 4.50. The Morgan fingerprint density at radius 1 is 1.38 bits per heavy atom. The molecule has 1 aromatic rings. The minimum atomic E-state index is -0.0887. The van der Waals surface area contributed by atoms with Crippen LogP contribution in [0.4, 0.5) is 0 Å². The zero-order valence-corrected chi connectivity index (χ0v) is 17.6. The van der Waals surface area contributed by atoms with Gasteiger partial charge in [0.2, 0.25) is 0 Å². The highest BCUT2D eigenvalue weighted by molar-refractivity contribution is 14.0. The van der Waals surface area contributed by atoms with Crippen LogP contribution in [0.5, 0.6) is 0 Å². The summed E-state index contributed by atoms with van der Waals surface area (Å²) in [6, 6.07) is 0. The van der Waals surface area contributed by atoms with Crippen LogP contribution in [0, 0.1) is 6.92 Å². The van der Waals surface area contributed by atoms with E-state index >= 15 is 0 Å². The monoisotopic (exact) mass is 450 g/mol. The normalized spacial score (nSPS) is 20.8. The smallest absolute Gasteiger partial charge is 0.191 e. The minimum Gasteiger partial charge on any atom is -0.373 e. The topological polar surface area (TPSA) is 76.4 Å². The van der Waals surface area contributed by atoms with Crippen LogP contribution in [-0.4, -0.2) is 46.0 Å². The van der Waals surface area contributed by atoms with E-state index in [1.54, 1.807) is 0 Å². The van der Waals surface area contributed by atoms with Crippen LogP contribution in [0.3, 0.4) is 0 Å². The van der Waals surface area contributed by atoms with E-state index < -0.39 is 0 Å². The van der Waals surface area contributed by atoms with Gasteiger partial charge in [-0.1, -0.05) is 13.3 Å². The second-order valence-corrected chi connectivity index (χ2v) is 6.42. The van der Waals surface area contributed by atoms with Crippen molar-refractivity contribution in [2.75, 3.05) is 19.7 Å². The number of unbranched alkanes of at least 4 members (excludes halogenated alkanes) is 1. The van der Waals surface area contributed by atoms with Crippen molar-refractivity contribution in [1.82, 2.24) is 25.4 Å². The molecule has 7 nitrogen and oxygen atoms in total. The first-order valence-electron chi connectivity index (χ1n) is 8.55. The zero-order chi connectivity index (χ0) is 16.7. The maximum absolute atomic E-state index is 5.83. The number of aromatic nitrogens is 3. The Hall–Kier alpha value is -0.900. The summed E-state index contributed by atoms with van der Waals surface area (Å²) in [5, 5.41) is 15.0. The van der Waals surface area contributed by atoms with Gasteiger partial charge in [-0.3, -0.25) is 0 Å². The van der Waals surface area contributed by atoms with Crippen molar-refractivity contribution in [3.05, 3.63) is 11.6 Å². The number of aliphatic imine (C=N–C) groups is 1. The Morgan fingerprint density at radius 3 is 2.75 bits per heavy atom. The lowest BCUT2D eigenvalue weighted by Crippen LogP contribution is -2.45. The molecule has 1 unspecified atom stereocenters. The molecule has 2 rings (SSSR count). The molecule has 2 heterocycles. The molecule has 24 heavy (non-hydrogen) atoms. The van der Waals surface area contributed by atoms with Crippen LogP contribution in [0.15, 0.2) is 4.99 Å². The number of hydrogen-bond acceptors (Lipinski definition) is 4. The SMILES string of the molecule is CCCCNC(=NCc1nnc(C)n1C)NCC1(C)CCCO1.I. The van der Waals surface area contributed by atoms with Gasteiger partial charge >= 0.3 is 0 Å². The first-order valence-corrected chi connectivity index (χ1v) is 8.55. The fourth-order valence-corrected chi connectivity index (χ4v) is 2.54. The molecule has 0 bridgehead atoms. The molecule has 2 N–H and O–H groups in total. The predicted octanol–water partition coefficient (Wildman–Crippen LogP) is 2.15. The van der Waals surface area contributed by atoms with Gasteiger partial charge in [0.25, 0.3) is 0 Å². The Labute approximate surface area is 162 Å². The molecule has 0 radical (unpaired) electrons. The molecule has 138 valence electrons. The van der Waals surface area contributed by atoms with Gasteiger partial charge in [0.05, 0.1) is 5.60 Å². The van der Waals surface area contributed by atoms with Crippen molar-refractivity contribution in [3.63, 3.8) is 0 Å².